The second-order valence-corrected chi connectivity index (χ2v) is 6.60. The minimum Gasteiger partial charge on any atom is -0.444 e. The van der Waals surface area contributed by atoms with Crippen LogP contribution in [-0.2, 0) is 18.4 Å². The number of likely N-dealkylation sites (N-methyl/N-ethyl adjacent to an activating group) is 1. The van der Waals surface area contributed by atoms with Crippen LogP contribution in [0.2, 0.25) is 0 Å². The van der Waals surface area contributed by atoms with E-state index in [1.54, 1.807) is 0 Å². The first-order valence-electron chi connectivity index (χ1n) is 8.21. The monoisotopic (exact) mass is 331 g/mol. The second kappa shape index (κ2) is 6.05. The lowest BCUT2D eigenvalue weighted by molar-refractivity contribution is -0.127. The molecule has 1 aliphatic rings. The molecule has 0 unspecified atom stereocenters. The molecule has 2 aromatic rings. The normalized spacial score (nSPS) is 21.1. The number of oxazole rings is 1. The third-order valence-electron chi connectivity index (χ3n) is 5.04. The maximum atomic E-state index is 12.3. The number of hydrogen-bond donors (Lipinski definition) is 1. The Morgan fingerprint density at radius 3 is 2.46 bits per heavy atom. The van der Waals surface area contributed by atoms with Gasteiger partial charge in [0.25, 0.3) is 0 Å². The van der Waals surface area contributed by atoms with E-state index in [2.05, 4.69) is 15.4 Å². The van der Waals surface area contributed by atoms with Crippen molar-refractivity contribution in [2.24, 2.45) is 7.05 Å². The number of nitrogens with zero attached hydrogens (tertiary/aromatic N) is 4. The summed E-state index contributed by atoms with van der Waals surface area (Å²) >= 11 is 0. The highest BCUT2D eigenvalue weighted by atomic mass is 16.4. The Hall–Kier alpha value is -2.15. The first kappa shape index (κ1) is 16.7. The first-order valence-corrected chi connectivity index (χ1v) is 8.21. The summed E-state index contributed by atoms with van der Waals surface area (Å²) in [6.45, 7) is 8.39. The molecule has 2 aromatic heterocycles. The minimum absolute atomic E-state index is 0.0108. The van der Waals surface area contributed by atoms with E-state index in [-0.39, 0.29) is 18.0 Å². The highest BCUT2D eigenvalue weighted by Gasteiger charge is 2.40. The van der Waals surface area contributed by atoms with Crippen molar-refractivity contribution in [2.75, 3.05) is 7.05 Å². The highest BCUT2D eigenvalue weighted by Crippen LogP contribution is 2.35. The van der Waals surface area contributed by atoms with Crippen molar-refractivity contribution in [3.8, 4) is 0 Å². The minimum atomic E-state index is -0.0247. The molecule has 0 radical (unpaired) electrons. The summed E-state index contributed by atoms with van der Waals surface area (Å²) in [5.74, 6) is 1.63. The molecule has 1 amide bonds. The Morgan fingerprint density at radius 2 is 1.92 bits per heavy atom. The summed E-state index contributed by atoms with van der Waals surface area (Å²) in [7, 11) is 3.80. The Kier molecular flexibility index (Phi) is 4.21. The van der Waals surface area contributed by atoms with Gasteiger partial charge in [-0.25, -0.2) is 4.98 Å². The maximum Gasteiger partial charge on any atom is 0.224 e. The van der Waals surface area contributed by atoms with E-state index >= 15 is 0 Å². The number of likely N-dealkylation sites (tertiary alicyclic amines) is 1. The summed E-state index contributed by atoms with van der Waals surface area (Å²) in [5, 5.41) is 7.96. The van der Waals surface area contributed by atoms with Crippen molar-refractivity contribution < 1.29 is 9.21 Å². The van der Waals surface area contributed by atoms with Gasteiger partial charge in [-0.15, -0.1) is 0 Å². The van der Waals surface area contributed by atoms with Crippen LogP contribution in [0.25, 0.3) is 0 Å². The van der Waals surface area contributed by atoms with E-state index < -0.39 is 0 Å². The maximum absolute atomic E-state index is 12.3. The van der Waals surface area contributed by atoms with Crippen molar-refractivity contribution in [3.05, 3.63) is 34.3 Å². The van der Waals surface area contributed by atoms with E-state index in [4.69, 9.17) is 4.42 Å². The number of rotatable bonds is 4. The van der Waals surface area contributed by atoms with E-state index in [1.165, 1.54) is 0 Å². The van der Waals surface area contributed by atoms with Crippen LogP contribution in [0.4, 0.5) is 0 Å². The summed E-state index contributed by atoms with van der Waals surface area (Å²) in [5.41, 5.74) is 4.09. The van der Waals surface area contributed by atoms with Crippen LogP contribution in [0.5, 0.6) is 0 Å². The van der Waals surface area contributed by atoms with Gasteiger partial charge in [0.1, 0.15) is 5.76 Å². The highest BCUT2D eigenvalue weighted by molar-refractivity contribution is 5.80. The van der Waals surface area contributed by atoms with Crippen LogP contribution in [0.3, 0.4) is 0 Å². The lowest BCUT2D eigenvalue weighted by Gasteiger charge is -2.26. The zero-order chi connectivity index (χ0) is 17.6. The first-order chi connectivity index (χ1) is 11.3. The lowest BCUT2D eigenvalue weighted by atomic mass is 9.98. The molecular weight excluding hydrogens is 306 g/mol. The molecule has 1 fully saturated rings. The molecule has 0 spiro atoms. The van der Waals surface area contributed by atoms with Crippen LogP contribution in [-0.4, -0.2) is 38.7 Å². The standard InChI is InChI=1S/C17H25N5O2/c1-9-12(4)24-14(19-9)8-18-13-7-15(23)21(5)17(13)16-10(2)20-22(6)11(16)3/h13,17-18H,7-8H2,1-6H3/t13-,17-/m1/s1. The molecule has 24 heavy (non-hydrogen) atoms. The number of carbonyl (C=O) groups is 1. The van der Waals surface area contributed by atoms with E-state index in [1.807, 2.05) is 51.4 Å². The zero-order valence-corrected chi connectivity index (χ0v) is 15.2. The Morgan fingerprint density at radius 1 is 1.21 bits per heavy atom. The number of amides is 1. The fourth-order valence-corrected chi connectivity index (χ4v) is 3.50. The van der Waals surface area contributed by atoms with Crippen LogP contribution >= 0.6 is 0 Å². The van der Waals surface area contributed by atoms with E-state index in [9.17, 15) is 4.79 Å². The Labute approximate surface area is 142 Å². The smallest absolute Gasteiger partial charge is 0.224 e. The molecule has 1 saturated heterocycles. The molecule has 0 saturated carbocycles. The van der Waals surface area contributed by atoms with Crippen molar-refractivity contribution in [3.63, 3.8) is 0 Å². The molecule has 130 valence electrons. The summed E-state index contributed by atoms with van der Waals surface area (Å²) in [4.78, 5) is 18.5. The average Bonchev–Trinajstić information content (AvgIpc) is 3.07. The van der Waals surface area contributed by atoms with E-state index in [0.29, 0.717) is 18.9 Å². The molecule has 0 bridgehead atoms. The van der Waals surface area contributed by atoms with Crippen LogP contribution in [0.15, 0.2) is 4.42 Å². The molecular formula is C17H25N5O2. The van der Waals surface area contributed by atoms with Gasteiger partial charge in [-0.1, -0.05) is 0 Å². The molecule has 3 heterocycles. The van der Waals surface area contributed by atoms with Crippen LogP contribution in [0, 0.1) is 27.7 Å². The number of aromatic nitrogens is 3. The average molecular weight is 331 g/mol. The molecule has 0 aromatic carbocycles. The molecule has 3 rings (SSSR count). The van der Waals surface area contributed by atoms with Crippen molar-refractivity contribution >= 4 is 5.91 Å². The third kappa shape index (κ3) is 2.73. The summed E-state index contributed by atoms with van der Waals surface area (Å²) in [6, 6.07) is -0.0139. The zero-order valence-electron chi connectivity index (χ0n) is 15.2. The van der Waals surface area contributed by atoms with E-state index in [0.717, 1.165) is 28.4 Å². The molecule has 1 N–H and O–H groups in total. The second-order valence-electron chi connectivity index (χ2n) is 6.60. The van der Waals surface area contributed by atoms with Gasteiger partial charge in [0, 0.05) is 37.8 Å². The van der Waals surface area contributed by atoms with Crippen molar-refractivity contribution in [1.82, 2.24) is 25.0 Å². The van der Waals surface area contributed by atoms with Crippen LogP contribution < -0.4 is 5.32 Å². The van der Waals surface area contributed by atoms with Gasteiger partial charge in [0.05, 0.1) is 24.0 Å². The predicted molar refractivity (Wildman–Crippen MR) is 89.4 cm³/mol. The van der Waals surface area contributed by atoms with Gasteiger partial charge in [-0.05, 0) is 27.7 Å². The quantitative estimate of drug-likeness (QED) is 0.923. The largest absolute Gasteiger partial charge is 0.444 e. The molecule has 7 heteroatoms. The third-order valence-corrected chi connectivity index (χ3v) is 5.04. The number of carbonyl (C=O) groups excluding carboxylic acids is 1. The van der Waals surface area contributed by atoms with Crippen molar-refractivity contribution in [1.29, 1.82) is 0 Å². The fraction of sp³-hybridized carbons (Fsp3) is 0.588. The summed E-state index contributed by atoms with van der Waals surface area (Å²) in [6.07, 6.45) is 0.466. The van der Waals surface area contributed by atoms with Gasteiger partial charge >= 0.3 is 0 Å². The van der Waals surface area contributed by atoms with Gasteiger partial charge in [-0.2, -0.15) is 5.10 Å². The SMILES string of the molecule is Cc1nc(CN[C@@H]2CC(=O)N(C)[C@H]2c2c(C)nn(C)c2C)oc1C. The molecule has 2 atom stereocenters. The van der Waals surface area contributed by atoms with Gasteiger partial charge in [0.15, 0.2) is 0 Å². The molecule has 1 aliphatic heterocycles. The lowest BCUT2D eigenvalue weighted by Crippen LogP contribution is -2.35. The predicted octanol–water partition coefficient (Wildman–Crippen LogP) is 1.70. The summed E-state index contributed by atoms with van der Waals surface area (Å²) < 4.78 is 7.51. The topological polar surface area (TPSA) is 76.2 Å². The Bertz CT molecular complexity index is 757. The van der Waals surface area contributed by atoms with Gasteiger partial charge < -0.3 is 14.6 Å². The van der Waals surface area contributed by atoms with Crippen LogP contribution in [0.1, 0.15) is 46.8 Å². The molecule has 7 nitrogen and oxygen atoms in total. The van der Waals surface area contributed by atoms with Gasteiger partial charge in [0.2, 0.25) is 11.8 Å². The Balaban J connectivity index is 1.84. The fourth-order valence-electron chi connectivity index (χ4n) is 3.50. The molecule has 0 aliphatic carbocycles. The number of nitrogens with one attached hydrogen (secondary N) is 1. The number of aryl methyl sites for hydroxylation is 4. The van der Waals surface area contributed by atoms with Crippen molar-refractivity contribution in [2.45, 2.75) is 52.7 Å². The number of hydrogen-bond acceptors (Lipinski definition) is 5. The van der Waals surface area contributed by atoms with Gasteiger partial charge in [-0.3, -0.25) is 9.48 Å².